The second-order valence-electron chi connectivity index (χ2n) is 8.80. The summed E-state index contributed by atoms with van der Waals surface area (Å²) in [5.41, 5.74) is 2.75. The van der Waals surface area contributed by atoms with Crippen LogP contribution in [0.3, 0.4) is 0 Å². The number of rotatable bonds is 3. The fourth-order valence-corrected chi connectivity index (χ4v) is 5.43. The van der Waals surface area contributed by atoms with E-state index < -0.39 is 23.3 Å². The van der Waals surface area contributed by atoms with Crippen molar-refractivity contribution < 1.29 is 14.4 Å². The van der Waals surface area contributed by atoms with Crippen LogP contribution in [0.5, 0.6) is 0 Å². The average molecular weight is 402 g/mol. The number of fused-ring (bicyclic) bond motifs is 2. The zero-order chi connectivity index (χ0) is 20.7. The molecule has 0 radical (unpaired) electrons. The molecule has 5 rings (SSSR count). The number of Topliss-reactive ketones (excluding diaryl/α,β-unsaturated/α-hetero) is 1. The summed E-state index contributed by atoms with van der Waals surface area (Å²) in [6.45, 7) is 0. The van der Waals surface area contributed by atoms with Crippen molar-refractivity contribution >= 4 is 23.3 Å². The van der Waals surface area contributed by atoms with Gasteiger partial charge in [-0.3, -0.25) is 14.4 Å². The zero-order valence-corrected chi connectivity index (χ0v) is 16.9. The maximum absolute atomic E-state index is 13.3. The monoisotopic (exact) mass is 402 g/mol. The standard InChI is InChI=1S/C25H26N2O3/c28-22-21(24(30)27-25(22)15-14-18-8-4-5-9-20(18)25)23(29)26-19-12-10-17(11-13-19)16-6-2-1-3-7-16/h4-5,8-13,16,21H,1-3,6-7,14-15H2,(H,26,29)(H,27,30). The number of amides is 2. The highest BCUT2D eigenvalue weighted by Crippen LogP contribution is 2.42. The van der Waals surface area contributed by atoms with Gasteiger partial charge in [0.25, 0.3) is 0 Å². The Labute approximate surface area is 176 Å². The first kappa shape index (κ1) is 19.0. The quantitative estimate of drug-likeness (QED) is 0.766. The largest absolute Gasteiger partial charge is 0.338 e. The van der Waals surface area contributed by atoms with Crippen molar-refractivity contribution in [1.82, 2.24) is 5.32 Å². The van der Waals surface area contributed by atoms with Gasteiger partial charge in [0.15, 0.2) is 11.7 Å². The van der Waals surface area contributed by atoms with Gasteiger partial charge in [0.1, 0.15) is 5.54 Å². The van der Waals surface area contributed by atoms with Crippen molar-refractivity contribution in [3.8, 4) is 0 Å². The molecule has 1 spiro atoms. The van der Waals surface area contributed by atoms with Gasteiger partial charge < -0.3 is 10.6 Å². The van der Waals surface area contributed by atoms with Gasteiger partial charge in [-0.25, -0.2) is 0 Å². The highest BCUT2D eigenvalue weighted by molar-refractivity contribution is 6.28. The Hall–Kier alpha value is -2.95. The molecule has 1 heterocycles. The normalized spacial score (nSPS) is 25.9. The lowest BCUT2D eigenvalue weighted by Crippen LogP contribution is -2.41. The van der Waals surface area contributed by atoms with E-state index in [1.54, 1.807) is 0 Å². The van der Waals surface area contributed by atoms with Crippen molar-refractivity contribution in [2.75, 3.05) is 5.32 Å². The van der Waals surface area contributed by atoms with E-state index in [1.165, 1.54) is 37.7 Å². The molecule has 2 fully saturated rings. The van der Waals surface area contributed by atoms with Gasteiger partial charge in [0.05, 0.1) is 0 Å². The minimum atomic E-state index is -1.31. The number of hydrogen-bond acceptors (Lipinski definition) is 3. The summed E-state index contributed by atoms with van der Waals surface area (Å²) >= 11 is 0. The third-order valence-electron chi connectivity index (χ3n) is 7.05. The Bertz CT molecular complexity index is 1010. The Morgan fingerprint density at radius 1 is 0.967 bits per heavy atom. The van der Waals surface area contributed by atoms with Gasteiger partial charge in [0, 0.05) is 5.69 Å². The van der Waals surface area contributed by atoms with Crippen LogP contribution in [0.25, 0.3) is 0 Å². The predicted molar refractivity (Wildman–Crippen MR) is 114 cm³/mol. The number of nitrogens with one attached hydrogen (secondary N) is 2. The molecule has 1 saturated carbocycles. The van der Waals surface area contributed by atoms with E-state index in [-0.39, 0.29) is 5.78 Å². The first-order valence-corrected chi connectivity index (χ1v) is 10.9. The number of carbonyl (C=O) groups excluding carboxylic acids is 3. The average Bonchev–Trinajstić information content (AvgIpc) is 3.27. The van der Waals surface area contributed by atoms with E-state index in [9.17, 15) is 14.4 Å². The molecule has 2 unspecified atom stereocenters. The molecule has 2 aliphatic carbocycles. The second-order valence-corrected chi connectivity index (χ2v) is 8.80. The molecule has 2 atom stereocenters. The van der Waals surface area contributed by atoms with E-state index in [2.05, 4.69) is 22.8 Å². The summed E-state index contributed by atoms with van der Waals surface area (Å²) in [5, 5.41) is 5.64. The minimum absolute atomic E-state index is 0.339. The summed E-state index contributed by atoms with van der Waals surface area (Å²) in [4.78, 5) is 38.8. The molecular formula is C25H26N2O3. The highest BCUT2D eigenvalue weighted by atomic mass is 16.2. The number of aryl methyl sites for hydroxylation is 1. The molecule has 1 aliphatic heterocycles. The number of benzene rings is 2. The molecule has 154 valence electrons. The van der Waals surface area contributed by atoms with Crippen LogP contribution < -0.4 is 10.6 Å². The molecule has 0 aromatic heterocycles. The highest BCUT2D eigenvalue weighted by Gasteiger charge is 2.58. The number of hydrogen-bond donors (Lipinski definition) is 2. The van der Waals surface area contributed by atoms with Crippen LogP contribution in [0.1, 0.15) is 61.1 Å². The summed E-state index contributed by atoms with van der Waals surface area (Å²) < 4.78 is 0. The van der Waals surface area contributed by atoms with Gasteiger partial charge in [-0.2, -0.15) is 0 Å². The van der Waals surface area contributed by atoms with Crippen LogP contribution in [0.2, 0.25) is 0 Å². The predicted octanol–water partition coefficient (Wildman–Crippen LogP) is 3.83. The molecular weight excluding hydrogens is 376 g/mol. The molecule has 1 saturated heterocycles. The second kappa shape index (κ2) is 7.38. The maximum atomic E-state index is 13.3. The lowest BCUT2D eigenvalue weighted by molar-refractivity contribution is -0.135. The van der Waals surface area contributed by atoms with Gasteiger partial charge >= 0.3 is 0 Å². The Balaban J connectivity index is 1.32. The fourth-order valence-electron chi connectivity index (χ4n) is 5.43. The lowest BCUT2D eigenvalue weighted by Gasteiger charge is -2.23. The molecule has 5 heteroatoms. The molecule has 2 amide bonds. The summed E-state index contributed by atoms with van der Waals surface area (Å²) in [6, 6.07) is 15.5. The van der Waals surface area contributed by atoms with E-state index in [0.29, 0.717) is 18.0 Å². The zero-order valence-electron chi connectivity index (χ0n) is 16.9. The van der Waals surface area contributed by atoms with Crippen LogP contribution in [-0.4, -0.2) is 17.6 Å². The molecule has 2 aromatic carbocycles. The third-order valence-corrected chi connectivity index (χ3v) is 7.05. The van der Waals surface area contributed by atoms with Gasteiger partial charge in [-0.1, -0.05) is 55.7 Å². The van der Waals surface area contributed by atoms with Crippen LogP contribution in [-0.2, 0) is 26.3 Å². The van der Waals surface area contributed by atoms with Crippen LogP contribution in [0, 0.1) is 5.92 Å². The van der Waals surface area contributed by atoms with Crippen molar-refractivity contribution in [3.63, 3.8) is 0 Å². The van der Waals surface area contributed by atoms with Crippen molar-refractivity contribution in [1.29, 1.82) is 0 Å². The van der Waals surface area contributed by atoms with E-state index >= 15 is 0 Å². The maximum Gasteiger partial charge on any atom is 0.244 e. The SMILES string of the molecule is O=C(Nc1ccc(C2CCCCC2)cc1)C1C(=O)NC2(CCc3ccccc32)C1=O. The van der Waals surface area contributed by atoms with Crippen molar-refractivity contribution in [2.24, 2.45) is 5.92 Å². The van der Waals surface area contributed by atoms with Crippen LogP contribution >= 0.6 is 0 Å². The summed E-state index contributed by atoms with van der Waals surface area (Å²) in [6.07, 6.45) is 7.52. The Kier molecular flexibility index (Phi) is 4.69. The van der Waals surface area contributed by atoms with Crippen LogP contribution in [0.4, 0.5) is 5.69 Å². The van der Waals surface area contributed by atoms with Crippen molar-refractivity contribution in [2.45, 2.75) is 56.4 Å². The molecule has 2 N–H and O–H groups in total. The lowest BCUT2D eigenvalue weighted by atomic mass is 9.84. The first-order valence-electron chi connectivity index (χ1n) is 10.9. The fraction of sp³-hybridized carbons (Fsp3) is 0.400. The van der Waals surface area contributed by atoms with Crippen molar-refractivity contribution in [3.05, 3.63) is 65.2 Å². The number of carbonyl (C=O) groups is 3. The van der Waals surface area contributed by atoms with Gasteiger partial charge in [-0.15, -0.1) is 0 Å². The molecule has 30 heavy (non-hydrogen) atoms. The van der Waals surface area contributed by atoms with E-state index in [0.717, 1.165) is 17.5 Å². The summed E-state index contributed by atoms with van der Waals surface area (Å²) in [5.74, 6) is -2.12. The topological polar surface area (TPSA) is 75.3 Å². The van der Waals surface area contributed by atoms with Crippen LogP contribution in [0.15, 0.2) is 48.5 Å². The molecule has 0 bridgehead atoms. The van der Waals surface area contributed by atoms with E-state index in [4.69, 9.17) is 0 Å². The number of anilines is 1. The Morgan fingerprint density at radius 2 is 1.70 bits per heavy atom. The molecule has 3 aliphatic rings. The Morgan fingerprint density at radius 3 is 2.47 bits per heavy atom. The molecule has 5 nitrogen and oxygen atoms in total. The minimum Gasteiger partial charge on any atom is -0.338 e. The van der Waals surface area contributed by atoms with Gasteiger partial charge in [-0.05, 0) is 60.4 Å². The van der Waals surface area contributed by atoms with Gasteiger partial charge in [0.2, 0.25) is 11.8 Å². The third kappa shape index (κ3) is 3.04. The molecule has 2 aromatic rings. The number of ketones is 1. The smallest absolute Gasteiger partial charge is 0.244 e. The first-order chi connectivity index (χ1) is 14.6. The van der Waals surface area contributed by atoms with E-state index in [1.807, 2.05) is 36.4 Å². The summed E-state index contributed by atoms with van der Waals surface area (Å²) in [7, 11) is 0.